The van der Waals surface area contributed by atoms with Crippen molar-refractivity contribution in [3.05, 3.63) is 120 Å². The van der Waals surface area contributed by atoms with Gasteiger partial charge in [0.05, 0.1) is 6.33 Å². The summed E-state index contributed by atoms with van der Waals surface area (Å²) in [6.45, 7) is 10.7. The minimum Gasteiger partial charge on any atom is -0.480 e. The van der Waals surface area contributed by atoms with Crippen molar-refractivity contribution in [3.8, 4) is 0 Å². The molecule has 0 bridgehead atoms. The summed E-state index contributed by atoms with van der Waals surface area (Å²) in [5, 5.41) is 27.0. The fraction of sp³-hybridized carbons (Fsp3) is 0.435. The predicted molar refractivity (Wildman–Crippen MR) is 238 cm³/mol. The van der Waals surface area contributed by atoms with Gasteiger partial charge in [-0.2, -0.15) is 0 Å². The Hall–Kier alpha value is -6.78. The van der Waals surface area contributed by atoms with E-state index in [2.05, 4.69) is 46.9 Å². The van der Waals surface area contributed by atoms with Gasteiger partial charge in [0, 0.05) is 24.7 Å². The molecule has 0 fully saturated rings. The second kappa shape index (κ2) is 26.5. The highest BCUT2D eigenvalue weighted by atomic mass is 16.5. The molecule has 0 aliphatic rings. The lowest BCUT2D eigenvalue weighted by Crippen LogP contribution is -2.60. The lowest BCUT2D eigenvalue weighted by atomic mass is 9.96. The van der Waals surface area contributed by atoms with Crippen LogP contribution >= 0.6 is 0 Å². The second-order valence-electron chi connectivity index (χ2n) is 15.8. The summed E-state index contributed by atoms with van der Waals surface area (Å²) in [4.78, 5) is 90.9. The number of hydrogen-bond donors (Lipinski definition) is 7. The molecule has 2 heterocycles. The summed E-state index contributed by atoms with van der Waals surface area (Å²) in [7, 11) is 1.72. The van der Waals surface area contributed by atoms with Gasteiger partial charge in [-0.3, -0.25) is 19.2 Å². The fourth-order valence-electron chi connectivity index (χ4n) is 6.24. The van der Waals surface area contributed by atoms with Crippen molar-refractivity contribution in [3.63, 3.8) is 0 Å². The summed E-state index contributed by atoms with van der Waals surface area (Å²) >= 11 is 0. The van der Waals surface area contributed by atoms with E-state index < -0.39 is 71.8 Å². The maximum absolute atomic E-state index is 14.0. The van der Waals surface area contributed by atoms with E-state index in [1.54, 1.807) is 70.4 Å². The van der Waals surface area contributed by atoms with Gasteiger partial charge in [0.15, 0.2) is 0 Å². The van der Waals surface area contributed by atoms with Gasteiger partial charge in [-0.05, 0) is 35.3 Å². The van der Waals surface area contributed by atoms with Crippen LogP contribution in [0.2, 0.25) is 0 Å². The number of imidazole rings is 1. The first kappa shape index (κ1) is 50.6. The molecule has 63 heavy (non-hydrogen) atoms. The van der Waals surface area contributed by atoms with E-state index in [1.807, 2.05) is 63.2 Å². The van der Waals surface area contributed by atoms with Gasteiger partial charge < -0.3 is 51.7 Å². The molecule has 0 radical (unpaired) electrons. The van der Waals surface area contributed by atoms with E-state index in [0.29, 0.717) is 12.1 Å². The monoisotopic (exact) mass is 868 g/mol. The Bertz CT molecular complexity index is 2000. The standard InChI is InChI=1S/C40H55N7O8.C6H7N2/c1-7-26(6)34(39(52)53)47-38(51)33(25(4)5)46-37(50)30(18-24(2)3)43-36(49)32(20-29-21-41-23-42-29)44-35(48)31(19-27-14-10-8-11-15-27)45-40(54)55-22-28-16-12-9-13-17-28;1-7-6-4-2-3-5-8-6/h8-17,21,23-26,30-34H,7,18-20,22H2,1-6H3,(H,41,42)(H,43,49)(H,44,48)(H,45,54)(H,46,50)(H,47,51)(H,52,53);2-5H,1H3/q;-1/t26-,30-,31-,32-,33-,34-;/m0./s1. The summed E-state index contributed by atoms with van der Waals surface area (Å²) < 4.78 is 5.39. The lowest BCUT2D eigenvalue weighted by Gasteiger charge is -2.29. The van der Waals surface area contributed by atoms with Crippen molar-refractivity contribution >= 4 is 41.5 Å². The van der Waals surface area contributed by atoms with Crippen LogP contribution < -0.4 is 26.6 Å². The number of amides is 5. The van der Waals surface area contributed by atoms with Crippen LogP contribution in [0.3, 0.4) is 0 Å². The summed E-state index contributed by atoms with van der Waals surface area (Å²) in [5.74, 6) is -3.93. The van der Waals surface area contributed by atoms with Gasteiger partial charge in [-0.15, -0.1) is 0 Å². The fourth-order valence-corrected chi connectivity index (χ4v) is 6.24. The number of hydrogen-bond acceptors (Lipinski definition) is 9. The molecule has 4 rings (SSSR count). The average Bonchev–Trinajstić information content (AvgIpc) is 3.79. The number of rotatable bonds is 22. The number of benzene rings is 2. The predicted octanol–water partition coefficient (Wildman–Crippen LogP) is 4.98. The molecule has 0 saturated heterocycles. The molecule has 7 N–H and O–H groups in total. The minimum absolute atomic E-state index is 0.0200. The number of nitrogens with one attached hydrogen (secondary N) is 6. The number of carbonyl (C=O) groups is 6. The minimum atomic E-state index is -1.23. The average molecular weight is 869 g/mol. The third-order valence-electron chi connectivity index (χ3n) is 9.96. The Balaban J connectivity index is 0.00000118. The third kappa shape index (κ3) is 18.0. The highest BCUT2D eigenvalue weighted by Crippen LogP contribution is 2.13. The normalized spacial score (nSPS) is 13.7. The zero-order valence-corrected chi connectivity index (χ0v) is 37.0. The number of aromatic amines is 1. The van der Waals surface area contributed by atoms with Crippen LogP contribution in [0.4, 0.5) is 10.6 Å². The third-order valence-corrected chi connectivity index (χ3v) is 9.96. The summed E-state index contributed by atoms with van der Waals surface area (Å²) in [6, 6.07) is 18.0. The van der Waals surface area contributed by atoms with Crippen molar-refractivity contribution in [1.29, 1.82) is 0 Å². The van der Waals surface area contributed by atoms with Crippen LogP contribution in [0.15, 0.2) is 97.6 Å². The van der Waals surface area contributed by atoms with Crippen molar-refractivity contribution in [1.82, 2.24) is 41.5 Å². The molecule has 17 nitrogen and oxygen atoms in total. The molecular weight excluding hydrogens is 807 g/mol. The maximum atomic E-state index is 14.0. The Kier molecular flexibility index (Phi) is 21.3. The molecule has 0 aliphatic carbocycles. The Morgan fingerprint density at radius 2 is 1.27 bits per heavy atom. The topological polar surface area (TPSA) is 248 Å². The molecule has 340 valence electrons. The van der Waals surface area contributed by atoms with Crippen LogP contribution in [0.5, 0.6) is 0 Å². The molecule has 0 aliphatic heterocycles. The molecule has 4 aromatic rings. The molecule has 5 amide bonds. The Morgan fingerprint density at radius 3 is 1.78 bits per heavy atom. The van der Waals surface area contributed by atoms with Gasteiger partial charge in [0.2, 0.25) is 23.6 Å². The number of nitrogens with zero attached hydrogens (tertiary/aromatic N) is 3. The van der Waals surface area contributed by atoms with Gasteiger partial charge in [0.1, 0.15) is 36.8 Å². The van der Waals surface area contributed by atoms with Gasteiger partial charge in [0.25, 0.3) is 0 Å². The number of aliphatic carboxylic acids is 1. The number of alkyl carbamates (subject to hydrolysis) is 1. The number of ether oxygens (including phenoxy) is 1. The lowest BCUT2D eigenvalue weighted by molar-refractivity contribution is -0.144. The van der Waals surface area contributed by atoms with Crippen LogP contribution in [0.1, 0.15) is 71.2 Å². The molecule has 6 atom stereocenters. The van der Waals surface area contributed by atoms with Crippen molar-refractivity contribution in [2.24, 2.45) is 17.8 Å². The number of carboxylic acid groups (broad SMARTS) is 1. The first-order valence-electron chi connectivity index (χ1n) is 21.0. The van der Waals surface area contributed by atoms with E-state index in [0.717, 1.165) is 16.9 Å². The number of H-pyrrole nitrogens is 1. The summed E-state index contributed by atoms with van der Waals surface area (Å²) in [6.07, 6.45) is 4.57. The number of carboxylic acids is 1. The second-order valence-corrected chi connectivity index (χ2v) is 15.8. The molecule has 0 unspecified atom stereocenters. The smallest absolute Gasteiger partial charge is 0.408 e. The molecule has 0 spiro atoms. The molecule has 17 heteroatoms. The highest BCUT2D eigenvalue weighted by Gasteiger charge is 2.35. The summed E-state index contributed by atoms with van der Waals surface area (Å²) in [5.41, 5.74) is 2.02. The number of carbonyl (C=O) groups excluding carboxylic acids is 5. The van der Waals surface area contributed by atoms with E-state index >= 15 is 0 Å². The van der Waals surface area contributed by atoms with Crippen LogP contribution in [0, 0.1) is 17.8 Å². The molecule has 2 aromatic carbocycles. The van der Waals surface area contributed by atoms with Gasteiger partial charge in [-0.25, -0.2) is 14.6 Å². The van der Waals surface area contributed by atoms with Crippen molar-refractivity contribution < 1.29 is 38.6 Å². The van der Waals surface area contributed by atoms with Gasteiger partial charge in [-0.1, -0.05) is 146 Å². The first-order chi connectivity index (χ1) is 30.1. The Labute approximate surface area is 369 Å². The van der Waals surface area contributed by atoms with Crippen LogP contribution in [-0.2, 0) is 48.2 Å². The Morgan fingerprint density at radius 1 is 0.698 bits per heavy atom. The van der Waals surface area contributed by atoms with Gasteiger partial charge >= 0.3 is 12.1 Å². The van der Waals surface area contributed by atoms with E-state index in [-0.39, 0.29) is 37.7 Å². The largest absolute Gasteiger partial charge is 0.480 e. The van der Waals surface area contributed by atoms with Crippen molar-refractivity contribution in [2.45, 2.75) is 104 Å². The molecule has 2 aromatic heterocycles. The van der Waals surface area contributed by atoms with Crippen molar-refractivity contribution in [2.75, 3.05) is 7.05 Å². The zero-order chi connectivity index (χ0) is 46.3. The first-order valence-corrected chi connectivity index (χ1v) is 21.0. The number of pyridine rings is 1. The quantitative estimate of drug-likeness (QED) is 0.0558. The zero-order valence-electron chi connectivity index (χ0n) is 37.0. The van der Waals surface area contributed by atoms with E-state index in [9.17, 15) is 33.9 Å². The molecular formula is C46H62N9O8-. The number of aromatic nitrogens is 3. The van der Waals surface area contributed by atoms with E-state index in [4.69, 9.17) is 4.74 Å². The molecule has 0 saturated carbocycles. The van der Waals surface area contributed by atoms with E-state index in [1.165, 1.54) is 12.5 Å². The highest BCUT2D eigenvalue weighted by molar-refractivity contribution is 5.96. The maximum Gasteiger partial charge on any atom is 0.408 e. The van der Waals surface area contributed by atoms with Crippen LogP contribution in [-0.4, -0.2) is 93.0 Å². The SMILES string of the molecule is CC[C@H](C)[C@H](NC(=O)[C@@H](NC(=O)[C@H](CC(C)C)NC(=O)[C@H](Cc1cnc[nH]1)NC(=O)[C@H](Cc1ccccc1)NC(=O)OCc1ccccc1)C(C)C)C(=O)O.C[N-]c1ccccn1. The van der Waals surface area contributed by atoms with Crippen LogP contribution in [0.25, 0.3) is 5.32 Å².